The molecule has 0 spiro atoms. The summed E-state index contributed by atoms with van der Waals surface area (Å²) < 4.78 is 30.9. The number of furan rings is 1. The van der Waals surface area contributed by atoms with Crippen molar-refractivity contribution in [3.05, 3.63) is 35.5 Å². The Balaban J connectivity index is 1.90. The second kappa shape index (κ2) is 7.00. The highest BCUT2D eigenvalue weighted by atomic mass is 19.3. The second-order valence-corrected chi connectivity index (χ2v) is 5.75. The lowest BCUT2D eigenvalue weighted by Crippen LogP contribution is -2.40. The molecule has 132 valence electrons. The van der Waals surface area contributed by atoms with Crippen molar-refractivity contribution in [1.82, 2.24) is 15.1 Å². The molecule has 0 bridgehead atoms. The Hall–Kier alpha value is -2.42. The Morgan fingerprint density at radius 2 is 2.21 bits per heavy atom. The molecule has 0 saturated heterocycles. The quantitative estimate of drug-likeness (QED) is 0.751. The first-order chi connectivity index (χ1) is 11.2. The van der Waals surface area contributed by atoms with E-state index in [1.807, 2.05) is 0 Å². The smallest absolute Gasteiger partial charge is 0.319 e. The normalized spacial score (nSPS) is 13.8. The maximum Gasteiger partial charge on any atom is 0.319 e. The van der Waals surface area contributed by atoms with Crippen LogP contribution in [-0.2, 0) is 12.1 Å². The summed E-state index contributed by atoms with van der Waals surface area (Å²) in [5.74, 6) is 1.24. The van der Waals surface area contributed by atoms with Gasteiger partial charge in [0.25, 0.3) is 6.43 Å². The molecular weight excluding hydrogens is 322 g/mol. The summed E-state index contributed by atoms with van der Waals surface area (Å²) in [5.41, 5.74) is -0.438. The lowest BCUT2D eigenvalue weighted by molar-refractivity contribution is 0.0584. The number of nitrogens with zero attached hydrogens (tertiary/aromatic N) is 2. The van der Waals surface area contributed by atoms with Gasteiger partial charge in [0.05, 0.1) is 18.4 Å². The first kappa shape index (κ1) is 17.9. The maximum atomic E-state index is 12.2. The number of aryl methyl sites for hydroxylation is 2. The van der Waals surface area contributed by atoms with Crippen molar-refractivity contribution in [2.45, 2.75) is 39.3 Å². The summed E-state index contributed by atoms with van der Waals surface area (Å²) in [5, 5.41) is 19.2. The summed E-state index contributed by atoms with van der Waals surface area (Å²) in [6.07, 6.45) is 0.0419. The molecule has 0 aliphatic heterocycles. The molecule has 24 heavy (non-hydrogen) atoms. The van der Waals surface area contributed by atoms with Gasteiger partial charge in [-0.05, 0) is 26.8 Å². The molecule has 2 rings (SSSR count). The third-order valence-electron chi connectivity index (χ3n) is 3.43. The highest BCUT2D eigenvalue weighted by molar-refractivity contribution is 5.88. The monoisotopic (exact) mass is 342 g/mol. The van der Waals surface area contributed by atoms with E-state index in [0.717, 1.165) is 4.68 Å². The van der Waals surface area contributed by atoms with Crippen molar-refractivity contribution >= 4 is 11.7 Å². The molecule has 1 unspecified atom stereocenters. The lowest BCUT2D eigenvalue weighted by Gasteiger charge is -2.23. The lowest BCUT2D eigenvalue weighted by atomic mass is 9.96. The third kappa shape index (κ3) is 4.54. The van der Waals surface area contributed by atoms with Crippen molar-refractivity contribution in [3.8, 4) is 0 Å². The average molecular weight is 342 g/mol. The molecule has 1 atom stereocenters. The van der Waals surface area contributed by atoms with Crippen LogP contribution in [0.4, 0.5) is 19.3 Å². The Bertz CT molecular complexity index is 709. The number of aliphatic hydroxyl groups is 1. The standard InChI is InChI=1S/C15H20F2N4O3/c1-9-4-12(10(2)24-9)15(3,23)8-18-14(22)20-11-5-19-21(6-11)7-13(16)17/h4-6,13,23H,7-8H2,1-3H3,(H2,18,20,22). The first-order valence-corrected chi connectivity index (χ1v) is 7.33. The molecule has 0 fully saturated rings. The maximum absolute atomic E-state index is 12.2. The number of nitrogens with one attached hydrogen (secondary N) is 2. The number of aromatic nitrogens is 2. The minimum atomic E-state index is -2.52. The fraction of sp³-hybridized carbons (Fsp3) is 0.467. The minimum Gasteiger partial charge on any atom is -0.466 e. The van der Waals surface area contributed by atoms with Gasteiger partial charge in [-0.1, -0.05) is 0 Å². The summed E-state index contributed by atoms with van der Waals surface area (Å²) in [6.45, 7) is 4.46. The van der Waals surface area contributed by atoms with Crippen molar-refractivity contribution in [2.75, 3.05) is 11.9 Å². The Morgan fingerprint density at radius 1 is 1.50 bits per heavy atom. The van der Waals surface area contributed by atoms with Crippen LogP contribution in [-0.4, -0.2) is 33.9 Å². The topological polar surface area (TPSA) is 92.3 Å². The Labute approximate surface area is 137 Å². The number of halogens is 2. The zero-order chi connectivity index (χ0) is 17.9. The summed E-state index contributed by atoms with van der Waals surface area (Å²) in [6, 6.07) is 1.13. The minimum absolute atomic E-state index is 0.0518. The van der Waals surface area contributed by atoms with Crippen LogP contribution in [0.2, 0.25) is 0 Å². The van der Waals surface area contributed by atoms with Gasteiger partial charge in [-0.15, -0.1) is 0 Å². The van der Waals surface area contributed by atoms with Crippen molar-refractivity contribution in [1.29, 1.82) is 0 Å². The Kier molecular flexibility index (Phi) is 5.23. The molecule has 2 heterocycles. The number of amides is 2. The molecule has 0 aliphatic carbocycles. The molecule has 3 N–H and O–H groups in total. The molecule has 0 aliphatic rings. The van der Waals surface area contributed by atoms with Crippen molar-refractivity contribution in [3.63, 3.8) is 0 Å². The molecule has 7 nitrogen and oxygen atoms in total. The van der Waals surface area contributed by atoms with E-state index in [-0.39, 0.29) is 12.2 Å². The van der Waals surface area contributed by atoms with Crippen LogP contribution in [0.15, 0.2) is 22.9 Å². The number of carbonyl (C=O) groups is 1. The van der Waals surface area contributed by atoms with Gasteiger partial charge < -0.3 is 20.2 Å². The average Bonchev–Trinajstić information content (AvgIpc) is 3.02. The molecule has 2 aromatic heterocycles. The van der Waals surface area contributed by atoms with E-state index in [4.69, 9.17) is 4.42 Å². The number of anilines is 1. The second-order valence-electron chi connectivity index (χ2n) is 5.75. The number of carbonyl (C=O) groups excluding carboxylic acids is 1. The zero-order valence-electron chi connectivity index (χ0n) is 13.6. The zero-order valence-corrected chi connectivity index (χ0v) is 13.6. The van der Waals surface area contributed by atoms with Gasteiger partial charge in [0, 0.05) is 11.8 Å². The van der Waals surface area contributed by atoms with Crippen LogP contribution >= 0.6 is 0 Å². The van der Waals surface area contributed by atoms with Crippen LogP contribution in [0.5, 0.6) is 0 Å². The molecule has 0 saturated carbocycles. The predicted molar refractivity (Wildman–Crippen MR) is 83.0 cm³/mol. The van der Waals surface area contributed by atoms with E-state index in [2.05, 4.69) is 15.7 Å². The van der Waals surface area contributed by atoms with E-state index >= 15 is 0 Å². The number of hydrogen-bond donors (Lipinski definition) is 3. The molecule has 9 heteroatoms. The van der Waals surface area contributed by atoms with Crippen molar-refractivity contribution in [2.24, 2.45) is 0 Å². The van der Waals surface area contributed by atoms with Crippen LogP contribution in [0.3, 0.4) is 0 Å². The van der Waals surface area contributed by atoms with Crippen LogP contribution < -0.4 is 10.6 Å². The van der Waals surface area contributed by atoms with Crippen LogP contribution in [0, 0.1) is 13.8 Å². The number of urea groups is 1. The fourth-order valence-electron chi connectivity index (χ4n) is 2.36. The summed E-state index contributed by atoms with van der Waals surface area (Å²) >= 11 is 0. The van der Waals surface area contributed by atoms with Gasteiger partial charge in [-0.3, -0.25) is 4.68 Å². The largest absolute Gasteiger partial charge is 0.466 e. The summed E-state index contributed by atoms with van der Waals surface area (Å²) in [7, 11) is 0. The van der Waals surface area contributed by atoms with Gasteiger partial charge in [0.2, 0.25) is 0 Å². The van der Waals surface area contributed by atoms with Gasteiger partial charge >= 0.3 is 6.03 Å². The SMILES string of the molecule is Cc1cc(C(C)(O)CNC(=O)Nc2cnn(CC(F)F)c2)c(C)o1. The van der Waals surface area contributed by atoms with Crippen LogP contribution in [0.25, 0.3) is 0 Å². The van der Waals surface area contributed by atoms with Gasteiger partial charge in [-0.25, -0.2) is 13.6 Å². The summed E-state index contributed by atoms with van der Waals surface area (Å²) in [4.78, 5) is 11.9. The predicted octanol–water partition coefficient (Wildman–Crippen LogP) is 2.39. The third-order valence-corrected chi connectivity index (χ3v) is 3.43. The molecule has 0 radical (unpaired) electrons. The highest BCUT2D eigenvalue weighted by Crippen LogP contribution is 2.26. The van der Waals surface area contributed by atoms with E-state index < -0.39 is 24.6 Å². The number of hydrogen-bond acceptors (Lipinski definition) is 4. The highest BCUT2D eigenvalue weighted by Gasteiger charge is 2.28. The Morgan fingerprint density at radius 3 is 2.79 bits per heavy atom. The van der Waals surface area contributed by atoms with Gasteiger partial charge in [-0.2, -0.15) is 5.10 Å². The number of rotatable bonds is 6. The molecule has 2 amide bonds. The van der Waals surface area contributed by atoms with Gasteiger partial charge in [0.15, 0.2) is 0 Å². The van der Waals surface area contributed by atoms with E-state index in [0.29, 0.717) is 17.1 Å². The van der Waals surface area contributed by atoms with Gasteiger partial charge in [0.1, 0.15) is 23.7 Å². The van der Waals surface area contributed by atoms with E-state index in [9.17, 15) is 18.7 Å². The molecule has 2 aromatic rings. The van der Waals surface area contributed by atoms with Crippen LogP contribution in [0.1, 0.15) is 24.0 Å². The molecule has 0 aromatic carbocycles. The first-order valence-electron chi connectivity index (χ1n) is 7.33. The number of alkyl halides is 2. The molecular formula is C15H20F2N4O3. The fourth-order valence-corrected chi connectivity index (χ4v) is 2.36. The van der Waals surface area contributed by atoms with E-state index in [1.54, 1.807) is 26.8 Å². The van der Waals surface area contributed by atoms with Crippen molar-refractivity contribution < 1.29 is 23.1 Å². The van der Waals surface area contributed by atoms with E-state index in [1.165, 1.54) is 12.4 Å².